The lowest BCUT2D eigenvalue weighted by atomic mass is 10.1. The highest BCUT2D eigenvalue weighted by atomic mass is 32.2. The zero-order valence-corrected chi connectivity index (χ0v) is 16.8. The van der Waals surface area contributed by atoms with Crippen LogP contribution in [0.15, 0.2) is 53.4 Å². The molecule has 0 spiro atoms. The van der Waals surface area contributed by atoms with Crippen LogP contribution in [0.5, 0.6) is 5.75 Å². The number of aryl methyl sites for hydroxylation is 1. The third-order valence-electron chi connectivity index (χ3n) is 4.20. The van der Waals surface area contributed by atoms with E-state index in [9.17, 15) is 17.6 Å². The molecular formula is C20H25FN2O4S. The smallest absolute Gasteiger partial charge is 0.240 e. The quantitative estimate of drug-likeness (QED) is 0.633. The summed E-state index contributed by atoms with van der Waals surface area (Å²) in [5.41, 5.74) is 1.15. The second-order valence-electron chi connectivity index (χ2n) is 6.46. The predicted octanol–water partition coefficient (Wildman–Crippen LogP) is 2.64. The Balaban J connectivity index is 1.71. The Morgan fingerprint density at radius 1 is 1.11 bits per heavy atom. The van der Waals surface area contributed by atoms with E-state index in [-0.39, 0.29) is 29.8 Å². The van der Waals surface area contributed by atoms with Crippen molar-refractivity contribution in [3.05, 3.63) is 59.9 Å². The fourth-order valence-electron chi connectivity index (χ4n) is 2.59. The molecule has 0 aliphatic heterocycles. The van der Waals surface area contributed by atoms with E-state index in [0.717, 1.165) is 36.3 Å². The maximum absolute atomic E-state index is 12.9. The van der Waals surface area contributed by atoms with Crippen LogP contribution in [0.4, 0.5) is 4.39 Å². The number of sulfonamides is 1. The number of methoxy groups -OCH3 is 1. The second-order valence-corrected chi connectivity index (χ2v) is 8.22. The highest BCUT2D eigenvalue weighted by Gasteiger charge is 2.15. The number of hydrogen-bond donors (Lipinski definition) is 2. The normalized spacial score (nSPS) is 12.4. The minimum Gasteiger partial charge on any atom is -0.497 e. The fourth-order valence-corrected chi connectivity index (χ4v) is 3.62. The zero-order valence-electron chi connectivity index (χ0n) is 15.9. The molecule has 1 unspecified atom stereocenters. The molecular weight excluding hydrogens is 383 g/mol. The van der Waals surface area contributed by atoms with E-state index in [1.165, 1.54) is 12.1 Å². The molecule has 1 atom stereocenters. The largest absolute Gasteiger partial charge is 0.497 e. The minimum absolute atomic E-state index is 0.0211. The number of nitrogens with one attached hydrogen (secondary N) is 2. The van der Waals surface area contributed by atoms with Crippen molar-refractivity contribution in [2.45, 2.75) is 37.1 Å². The first kappa shape index (κ1) is 21.8. The highest BCUT2D eigenvalue weighted by Crippen LogP contribution is 2.13. The van der Waals surface area contributed by atoms with Gasteiger partial charge in [0.25, 0.3) is 0 Å². The molecule has 2 N–H and O–H groups in total. The fraction of sp³-hybridized carbons (Fsp3) is 0.350. The van der Waals surface area contributed by atoms with Crippen molar-refractivity contribution in [3.63, 3.8) is 0 Å². The molecule has 28 heavy (non-hydrogen) atoms. The zero-order chi connectivity index (χ0) is 20.6. The standard InChI is InChI=1S/C20H25FN2O4S/c1-15(3-4-16-5-9-18(27-2)10-6-16)23-20(24)13-14-22-28(25,26)19-11-7-17(21)8-12-19/h5-12,15,22H,3-4,13-14H2,1-2H3,(H,23,24). The second kappa shape index (κ2) is 10.2. The van der Waals surface area contributed by atoms with Gasteiger partial charge in [0.05, 0.1) is 12.0 Å². The minimum atomic E-state index is -3.76. The lowest BCUT2D eigenvalue weighted by molar-refractivity contribution is -0.121. The van der Waals surface area contributed by atoms with Gasteiger partial charge < -0.3 is 10.1 Å². The predicted molar refractivity (Wildman–Crippen MR) is 105 cm³/mol. The number of benzene rings is 2. The Morgan fingerprint density at radius 3 is 2.36 bits per heavy atom. The van der Waals surface area contributed by atoms with Gasteiger partial charge in [-0.25, -0.2) is 17.5 Å². The van der Waals surface area contributed by atoms with Crippen molar-refractivity contribution >= 4 is 15.9 Å². The molecule has 8 heteroatoms. The van der Waals surface area contributed by atoms with Crippen molar-refractivity contribution in [1.29, 1.82) is 0 Å². The molecule has 1 amide bonds. The van der Waals surface area contributed by atoms with Gasteiger partial charge in [0.2, 0.25) is 15.9 Å². The van der Waals surface area contributed by atoms with Gasteiger partial charge in [0, 0.05) is 19.0 Å². The summed E-state index contributed by atoms with van der Waals surface area (Å²) in [6.45, 7) is 1.88. The van der Waals surface area contributed by atoms with E-state index >= 15 is 0 Å². The van der Waals surface area contributed by atoms with Crippen LogP contribution < -0.4 is 14.8 Å². The Hall–Kier alpha value is -2.45. The maximum atomic E-state index is 12.9. The summed E-state index contributed by atoms with van der Waals surface area (Å²) in [6.07, 6.45) is 1.59. The first-order chi connectivity index (χ1) is 13.3. The van der Waals surface area contributed by atoms with Gasteiger partial charge >= 0.3 is 0 Å². The number of halogens is 1. The molecule has 0 fully saturated rings. The molecule has 0 saturated heterocycles. The molecule has 0 aliphatic carbocycles. The number of carbonyl (C=O) groups is 1. The molecule has 2 aromatic rings. The van der Waals surface area contributed by atoms with Gasteiger partial charge in [-0.3, -0.25) is 4.79 Å². The molecule has 152 valence electrons. The number of amides is 1. The van der Waals surface area contributed by atoms with Gasteiger partial charge in [-0.1, -0.05) is 12.1 Å². The van der Waals surface area contributed by atoms with E-state index < -0.39 is 15.8 Å². The van der Waals surface area contributed by atoms with Crippen molar-refractivity contribution < 1.29 is 22.3 Å². The van der Waals surface area contributed by atoms with Crippen LogP contribution in [-0.4, -0.2) is 34.0 Å². The van der Waals surface area contributed by atoms with E-state index in [0.29, 0.717) is 0 Å². The molecule has 2 aromatic carbocycles. The SMILES string of the molecule is COc1ccc(CCC(C)NC(=O)CCNS(=O)(=O)c2ccc(F)cc2)cc1. The lowest BCUT2D eigenvalue weighted by Gasteiger charge is -2.14. The Labute approximate surface area is 165 Å². The molecule has 0 bridgehead atoms. The highest BCUT2D eigenvalue weighted by molar-refractivity contribution is 7.89. The van der Waals surface area contributed by atoms with E-state index in [4.69, 9.17) is 4.74 Å². The van der Waals surface area contributed by atoms with Crippen LogP contribution in [0.3, 0.4) is 0 Å². The molecule has 0 saturated carbocycles. The van der Waals surface area contributed by atoms with Gasteiger partial charge in [-0.05, 0) is 61.7 Å². The van der Waals surface area contributed by atoms with Crippen LogP contribution in [0.1, 0.15) is 25.3 Å². The molecule has 6 nitrogen and oxygen atoms in total. The van der Waals surface area contributed by atoms with Crippen LogP contribution >= 0.6 is 0 Å². The monoisotopic (exact) mass is 408 g/mol. The molecule has 0 radical (unpaired) electrons. The lowest BCUT2D eigenvalue weighted by Crippen LogP contribution is -2.35. The Kier molecular flexibility index (Phi) is 7.95. The third-order valence-corrected chi connectivity index (χ3v) is 5.68. The number of rotatable bonds is 10. The molecule has 0 aromatic heterocycles. The molecule has 2 rings (SSSR count). The summed E-state index contributed by atoms with van der Waals surface area (Å²) in [6, 6.07) is 12.2. The van der Waals surface area contributed by atoms with E-state index in [2.05, 4.69) is 10.0 Å². The van der Waals surface area contributed by atoms with E-state index in [1.807, 2.05) is 31.2 Å². The van der Waals surface area contributed by atoms with Gasteiger partial charge in [0.15, 0.2) is 0 Å². The number of hydrogen-bond acceptors (Lipinski definition) is 4. The average molecular weight is 408 g/mol. The first-order valence-corrected chi connectivity index (χ1v) is 10.5. The first-order valence-electron chi connectivity index (χ1n) is 8.97. The van der Waals surface area contributed by atoms with Crippen molar-refractivity contribution in [2.75, 3.05) is 13.7 Å². The number of ether oxygens (including phenoxy) is 1. The van der Waals surface area contributed by atoms with Crippen molar-refractivity contribution in [3.8, 4) is 5.75 Å². The summed E-state index contributed by atoms with van der Waals surface area (Å²) in [5.74, 6) is 0.0548. The van der Waals surface area contributed by atoms with Crippen LogP contribution in [0.25, 0.3) is 0 Å². The van der Waals surface area contributed by atoms with Crippen molar-refractivity contribution in [2.24, 2.45) is 0 Å². The van der Waals surface area contributed by atoms with Crippen molar-refractivity contribution in [1.82, 2.24) is 10.0 Å². The molecule has 0 heterocycles. The van der Waals surface area contributed by atoms with Crippen LogP contribution in [0.2, 0.25) is 0 Å². The van der Waals surface area contributed by atoms with Gasteiger partial charge in [-0.2, -0.15) is 0 Å². The maximum Gasteiger partial charge on any atom is 0.240 e. The summed E-state index contributed by atoms with van der Waals surface area (Å²) < 4.78 is 44.5. The van der Waals surface area contributed by atoms with E-state index in [1.54, 1.807) is 7.11 Å². The third kappa shape index (κ3) is 6.94. The Morgan fingerprint density at radius 2 is 1.75 bits per heavy atom. The summed E-state index contributed by atoms with van der Waals surface area (Å²) in [4.78, 5) is 12.0. The Bertz CT molecular complexity index is 868. The summed E-state index contributed by atoms with van der Waals surface area (Å²) >= 11 is 0. The molecule has 0 aliphatic rings. The van der Waals surface area contributed by atoms with Crippen LogP contribution in [-0.2, 0) is 21.2 Å². The summed E-state index contributed by atoms with van der Waals surface area (Å²) in [5, 5.41) is 2.86. The summed E-state index contributed by atoms with van der Waals surface area (Å²) in [7, 11) is -2.14. The topological polar surface area (TPSA) is 84.5 Å². The number of carbonyl (C=O) groups excluding carboxylic acids is 1. The average Bonchev–Trinajstić information content (AvgIpc) is 2.67. The van der Waals surface area contributed by atoms with Gasteiger partial charge in [-0.15, -0.1) is 0 Å². The van der Waals surface area contributed by atoms with Gasteiger partial charge in [0.1, 0.15) is 11.6 Å². The van der Waals surface area contributed by atoms with Crippen LogP contribution in [0, 0.1) is 5.82 Å².